The lowest BCUT2D eigenvalue weighted by molar-refractivity contribution is 0.590. The van der Waals surface area contributed by atoms with E-state index in [1.807, 2.05) is 0 Å². The summed E-state index contributed by atoms with van der Waals surface area (Å²) in [6, 6.07) is 126. The van der Waals surface area contributed by atoms with Gasteiger partial charge in [-0.05, 0) is 200 Å². The second-order valence-corrected chi connectivity index (χ2v) is 38.2. The van der Waals surface area contributed by atoms with Crippen LogP contribution in [0.3, 0.4) is 0 Å². The highest BCUT2D eigenvalue weighted by Gasteiger charge is 2.35. The molecule has 0 bridgehead atoms. The van der Waals surface area contributed by atoms with Crippen LogP contribution in [0.4, 0.5) is 68.2 Å². The fraction of sp³-hybridized carbons (Fsp3) is 0.172. The van der Waals surface area contributed by atoms with Crippen molar-refractivity contribution in [2.75, 3.05) is 19.6 Å². The van der Waals surface area contributed by atoms with Gasteiger partial charge in [0.05, 0.1) is 45.5 Å². The molecule has 610 valence electrons. The van der Waals surface area contributed by atoms with Crippen molar-refractivity contribution in [3.63, 3.8) is 0 Å². The molecule has 0 saturated carbocycles. The molecule has 0 radical (unpaired) electrons. The SMILES string of the molecule is Cn1ccc2c(-c3ccccc3)c(N(c3ccc(C(C)(C)C)cc3)c3cc(N(c4ccc(C(C)(C)C)cc4)c4ccc5c(ccn5C)c4-c4ccccc4)c4ccc5c(N(c6ccc(C(C)(C)C)cc6)c6ccc7c(ccn7C)c6-c6ccccc6)cc(N(c6ccc(C(C)(C)C)cc6)c6ccc7c(ccn7C)c6-c6ccccc6)c6ccc3c4c65)ccc21. The topological polar surface area (TPSA) is 32.7 Å². The van der Waals surface area contributed by atoms with Crippen LogP contribution in [0, 0.1) is 0 Å². The summed E-state index contributed by atoms with van der Waals surface area (Å²) in [5.74, 6) is 0. The van der Waals surface area contributed by atoms with Crippen LogP contribution >= 0.6 is 0 Å². The maximum absolute atomic E-state index is 2.62. The van der Waals surface area contributed by atoms with E-state index >= 15 is 0 Å². The summed E-state index contributed by atoms with van der Waals surface area (Å²) in [7, 11) is 8.68. The second kappa shape index (κ2) is 29.9. The van der Waals surface area contributed by atoms with Crippen LogP contribution in [0.1, 0.15) is 105 Å². The van der Waals surface area contributed by atoms with E-state index in [0.29, 0.717) is 0 Å². The van der Waals surface area contributed by atoms with Gasteiger partial charge in [-0.15, -0.1) is 0 Å². The third-order valence-corrected chi connectivity index (χ3v) is 26.1. The Bertz CT molecular complexity index is 6560. The molecule has 0 aliphatic carbocycles. The lowest BCUT2D eigenvalue weighted by atomic mass is 9.86. The molecule has 8 nitrogen and oxygen atoms in total. The number of benzene rings is 16. The summed E-state index contributed by atoms with van der Waals surface area (Å²) in [6.07, 6.45) is 8.87. The highest BCUT2D eigenvalue weighted by molar-refractivity contribution is 6.34. The maximum atomic E-state index is 2.62. The number of hydrogen-bond donors (Lipinski definition) is 0. The second-order valence-electron chi connectivity index (χ2n) is 38.2. The van der Waals surface area contributed by atoms with Crippen LogP contribution in [0.15, 0.2) is 352 Å². The van der Waals surface area contributed by atoms with Crippen LogP contribution < -0.4 is 19.6 Å². The molecule has 0 aliphatic heterocycles. The number of hydrogen-bond acceptors (Lipinski definition) is 4. The fourth-order valence-corrected chi connectivity index (χ4v) is 19.5. The van der Waals surface area contributed by atoms with Gasteiger partial charge in [0.15, 0.2) is 0 Å². The van der Waals surface area contributed by atoms with Crippen molar-refractivity contribution in [1.29, 1.82) is 0 Å². The van der Waals surface area contributed by atoms with E-state index in [0.717, 1.165) is 189 Å². The van der Waals surface area contributed by atoms with Gasteiger partial charge in [0.1, 0.15) is 0 Å². The molecule has 0 aliphatic rings. The molecule has 16 aromatic carbocycles. The molecule has 0 saturated heterocycles. The highest BCUT2D eigenvalue weighted by atomic mass is 15.2. The molecule has 8 heteroatoms. The van der Waals surface area contributed by atoms with Crippen molar-refractivity contribution in [2.45, 2.75) is 105 Å². The first-order valence-corrected chi connectivity index (χ1v) is 43.7. The summed E-state index contributed by atoms with van der Waals surface area (Å²) < 4.78 is 9.06. The molecule has 0 N–H and O–H groups in total. The molecule has 4 heterocycles. The Labute approximate surface area is 729 Å². The molecule has 20 aromatic rings. The van der Waals surface area contributed by atoms with Gasteiger partial charge in [0.2, 0.25) is 0 Å². The molecule has 0 amide bonds. The number of anilines is 12. The van der Waals surface area contributed by atoms with Crippen molar-refractivity contribution >= 4 is 144 Å². The van der Waals surface area contributed by atoms with Crippen LogP contribution in [-0.4, -0.2) is 18.3 Å². The maximum Gasteiger partial charge on any atom is 0.0561 e. The molecule has 0 unspecified atom stereocenters. The monoisotopic (exact) mass is 1610 g/mol. The van der Waals surface area contributed by atoms with Gasteiger partial charge < -0.3 is 37.9 Å². The number of rotatable bonds is 16. The van der Waals surface area contributed by atoms with E-state index in [4.69, 9.17) is 0 Å². The third-order valence-electron chi connectivity index (χ3n) is 26.1. The molecule has 124 heavy (non-hydrogen) atoms. The zero-order chi connectivity index (χ0) is 85.6. The average molecular weight is 1610 g/mol. The summed E-state index contributed by atoms with van der Waals surface area (Å²) in [6.45, 7) is 27.8. The Kier molecular flexibility index (Phi) is 18.9. The van der Waals surface area contributed by atoms with Gasteiger partial charge in [0.25, 0.3) is 0 Å². The number of fused-ring (bicyclic) bond motifs is 4. The lowest BCUT2D eigenvalue weighted by Gasteiger charge is -2.36. The molecule has 20 rings (SSSR count). The Morgan fingerprint density at radius 2 is 0.379 bits per heavy atom. The highest BCUT2D eigenvalue weighted by Crippen LogP contribution is 2.60. The summed E-state index contributed by atoms with van der Waals surface area (Å²) >= 11 is 0. The minimum absolute atomic E-state index is 0.134. The van der Waals surface area contributed by atoms with E-state index in [1.165, 1.54) is 22.3 Å². The van der Waals surface area contributed by atoms with Gasteiger partial charge in [-0.2, -0.15) is 0 Å². The Hall–Kier alpha value is -14.1. The van der Waals surface area contributed by atoms with Gasteiger partial charge in [-0.1, -0.05) is 277 Å². The number of aryl methyl sites for hydroxylation is 4. The van der Waals surface area contributed by atoms with Gasteiger partial charge >= 0.3 is 0 Å². The van der Waals surface area contributed by atoms with E-state index in [9.17, 15) is 0 Å². The van der Waals surface area contributed by atoms with Crippen molar-refractivity contribution in [2.24, 2.45) is 28.2 Å². The number of nitrogens with zero attached hydrogens (tertiary/aromatic N) is 8. The Balaban J connectivity index is 1.03. The van der Waals surface area contributed by atoms with E-state index < -0.39 is 0 Å². The van der Waals surface area contributed by atoms with Gasteiger partial charge in [0, 0.05) is 174 Å². The standard InChI is InChI=1S/C116H106N8/c1-113(2,3)79-37-45-83(46-38-79)121(99-61-57-95-91(65-69-117(95)13)107(99)75-29-21-17-22-30-75)103-73-104(122(84-47-39-80(40-48-84)114(4,5)6)100-62-58-96-92(66-70-118(96)14)108(100)76-31-23-18-24-32-76)88-55-56-90-106(124(86-51-43-82(44-52-86)116(10,11)12)102-64-60-98-94(68-72-120(98)16)110(102)78-35-27-20-28-36-78)74-105(89-54-53-87(103)111(88)112(89)90)123(85-49-41-81(42-50-85)115(7,8)9)101-63-59-97-93(67-71-119(97)15)109(101)77-33-25-19-26-34-77/h17-74H,1-16H3. The lowest BCUT2D eigenvalue weighted by Crippen LogP contribution is -2.18. The smallest absolute Gasteiger partial charge is 0.0561 e. The minimum Gasteiger partial charge on any atom is -0.351 e. The van der Waals surface area contributed by atoms with E-state index in [2.05, 4.69) is 502 Å². The largest absolute Gasteiger partial charge is 0.351 e. The minimum atomic E-state index is -0.134. The van der Waals surface area contributed by atoms with Gasteiger partial charge in [-0.3, -0.25) is 0 Å². The van der Waals surface area contributed by atoms with E-state index in [-0.39, 0.29) is 21.7 Å². The van der Waals surface area contributed by atoms with Crippen LogP contribution in [0.2, 0.25) is 0 Å². The van der Waals surface area contributed by atoms with Crippen LogP contribution in [-0.2, 0) is 49.9 Å². The van der Waals surface area contributed by atoms with Crippen molar-refractivity contribution < 1.29 is 0 Å². The molecule has 0 fully saturated rings. The third kappa shape index (κ3) is 13.4. The normalized spacial score (nSPS) is 12.4. The Morgan fingerprint density at radius 3 is 0.565 bits per heavy atom. The van der Waals surface area contributed by atoms with Crippen LogP contribution in [0.5, 0.6) is 0 Å². The van der Waals surface area contributed by atoms with Crippen LogP contribution in [0.25, 0.3) is 120 Å². The van der Waals surface area contributed by atoms with Crippen molar-refractivity contribution in [3.05, 3.63) is 375 Å². The van der Waals surface area contributed by atoms with E-state index in [1.54, 1.807) is 0 Å². The molecule has 0 spiro atoms. The van der Waals surface area contributed by atoms with Gasteiger partial charge in [-0.25, -0.2) is 0 Å². The first-order valence-electron chi connectivity index (χ1n) is 43.7. The fourth-order valence-electron chi connectivity index (χ4n) is 19.5. The summed E-state index contributed by atoms with van der Waals surface area (Å²) in [5.41, 5.74) is 30.5. The molecule has 4 aromatic heterocycles. The zero-order valence-electron chi connectivity index (χ0n) is 74.1. The first-order chi connectivity index (χ1) is 59.7. The first kappa shape index (κ1) is 78.5. The predicted molar refractivity (Wildman–Crippen MR) is 531 cm³/mol. The average Bonchev–Trinajstić information content (AvgIpc) is 0.755. The molecular weight excluding hydrogens is 1510 g/mol. The predicted octanol–water partition coefficient (Wildman–Crippen LogP) is 32.3. The number of aromatic nitrogens is 4. The molecular formula is C116H106N8. The summed E-state index contributed by atoms with van der Waals surface area (Å²) in [4.78, 5) is 10.5. The van der Waals surface area contributed by atoms with Crippen molar-refractivity contribution in [3.8, 4) is 44.5 Å². The molecule has 0 atom stereocenters. The van der Waals surface area contributed by atoms with Crippen molar-refractivity contribution in [1.82, 2.24) is 18.3 Å². The zero-order valence-corrected chi connectivity index (χ0v) is 74.1. The quantitative estimate of drug-likeness (QED) is 0.0903. The Morgan fingerprint density at radius 1 is 0.185 bits per heavy atom. The summed E-state index contributed by atoms with van der Waals surface area (Å²) in [5, 5.41) is 11.3.